The van der Waals surface area contributed by atoms with Crippen LogP contribution in [0.1, 0.15) is 50.9 Å². The smallest absolute Gasteiger partial charge is 0.221 e. The molecule has 1 aromatic heterocycles. The number of nitrogens with one attached hydrogen (secondary N) is 1. The molecule has 4 heteroatoms. The lowest BCUT2D eigenvalue weighted by atomic mass is 9.74. The molecule has 0 spiro atoms. The Kier molecular flexibility index (Phi) is 3.99. The quantitative estimate of drug-likeness (QED) is 0.872. The minimum Gasteiger partial charge on any atom is -0.356 e. The van der Waals surface area contributed by atoms with Gasteiger partial charge in [-0.25, -0.2) is 0 Å². The SMILES string of the molecule is CCNC(=O)CCn1ccc2c1CC(C)(C)CC2N. The molecule has 0 saturated heterocycles. The average Bonchev–Trinajstić information content (AvgIpc) is 2.68. The number of carbonyl (C=O) groups is 1. The number of nitrogens with two attached hydrogens (primary N) is 1. The van der Waals surface area contributed by atoms with Crippen LogP contribution in [0.3, 0.4) is 0 Å². The Balaban J connectivity index is 2.10. The zero-order chi connectivity index (χ0) is 14.0. The molecule has 0 radical (unpaired) electrons. The van der Waals surface area contributed by atoms with Gasteiger partial charge >= 0.3 is 0 Å². The first-order chi connectivity index (χ1) is 8.93. The zero-order valence-electron chi connectivity index (χ0n) is 12.2. The van der Waals surface area contributed by atoms with Gasteiger partial charge in [0.15, 0.2) is 0 Å². The lowest BCUT2D eigenvalue weighted by molar-refractivity contribution is -0.121. The number of hydrogen-bond acceptors (Lipinski definition) is 2. The summed E-state index contributed by atoms with van der Waals surface area (Å²) in [5.74, 6) is 0.115. The van der Waals surface area contributed by atoms with Crippen molar-refractivity contribution in [2.75, 3.05) is 6.54 Å². The maximum Gasteiger partial charge on any atom is 0.221 e. The zero-order valence-corrected chi connectivity index (χ0v) is 12.2. The molecule has 1 aromatic rings. The minimum absolute atomic E-state index is 0.115. The molecule has 0 fully saturated rings. The van der Waals surface area contributed by atoms with E-state index in [2.05, 4.69) is 36.0 Å². The highest BCUT2D eigenvalue weighted by molar-refractivity contribution is 5.75. The fourth-order valence-electron chi connectivity index (χ4n) is 3.01. The number of rotatable bonds is 4. The fourth-order valence-corrected chi connectivity index (χ4v) is 3.01. The number of hydrogen-bond donors (Lipinski definition) is 2. The Hall–Kier alpha value is -1.29. The van der Waals surface area contributed by atoms with Crippen molar-refractivity contribution in [2.45, 2.75) is 52.6 Å². The van der Waals surface area contributed by atoms with Crippen molar-refractivity contribution in [3.8, 4) is 0 Å². The molecule has 1 aliphatic carbocycles. The molecule has 1 unspecified atom stereocenters. The van der Waals surface area contributed by atoms with E-state index in [9.17, 15) is 4.79 Å². The number of aryl methyl sites for hydroxylation is 1. The van der Waals surface area contributed by atoms with Crippen LogP contribution in [0, 0.1) is 5.41 Å². The Morgan fingerprint density at radius 3 is 3.00 bits per heavy atom. The van der Waals surface area contributed by atoms with E-state index in [1.54, 1.807) is 0 Å². The van der Waals surface area contributed by atoms with E-state index in [4.69, 9.17) is 5.73 Å². The van der Waals surface area contributed by atoms with E-state index >= 15 is 0 Å². The summed E-state index contributed by atoms with van der Waals surface area (Å²) in [6.07, 6.45) is 4.68. The Bertz CT molecular complexity index is 462. The van der Waals surface area contributed by atoms with Crippen molar-refractivity contribution in [2.24, 2.45) is 11.1 Å². The van der Waals surface area contributed by atoms with E-state index < -0.39 is 0 Å². The molecule has 0 aromatic carbocycles. The normalized spacial score (nSPS) is 20.9. The Labute approximate surface area is 115 Å². The molecule has 1 atom stereocenters. The second-order valence-corrected chi connectivity index (χ2v) is 6.27. The predicted octanol–water partition coefficient (Wildman–Crippen LogP) is 1.99. The number of amides is 1. The minimum atomic E-state index is 0.115. The van der Waals surface area contributed by atoms with Crippen LogP contribution in [0.4, 0.5) is 0 Å². The molecule has 1 amide bonds. The Morgan fingerprint density at radius 1 is 1.58 bits per heavy atom. The second-order valence-electron chi connectivity index (χ2n) is 6.27. The summed E-state index contributed by atoms with van der Waals surface area (Å²) in [6.45, 7) is 7.90. The van der Waals surface area contributed by atoms with Crippen molar-refractivity contribution in [3.05, 3.63) is 23.5 Å². The number of aromatic nitrogens is 1. The van der Waals surface area contributed by atoms with E-state index in [-0.39, 0.29) is 17.4 Å². The molecule has 0 bridgehead atoms. The van der Waals surface area contributed by atoms with Crippen LogP contribution in [0.15, 0.2) is 12.3 Å². The third kappa shape index (κ3) is 3.18. The van der Waals surface area contributed by atoms with Crippen molar-refractivity contribution in [1.82, 2.24) is 9.88 Å². The van der Waals surface area contributed by atoms with Crippen LogP contribution < -0.4 is 11.1 Å². The second kappa shape index (κ2) is 5.37. The molecule has 0 aliphatic heterocycles. The number of nitrogens with zero attached hydrogens (tertiary/aromatic N) is 1. The van der Waals surface area contributed by atoms with Crippen molar-refractivity contribution in [1.29, 1.82) is 0 Å². The van der Waals surface area contributed by atoms with Crippen LogP contribution in [0.25, 0.3) is 0 Å². The summed E-state index contributed by atoms with van der Waals surface area (Å²) in [5, 5.41) is 2.84. The van der Waals surface area contributed by atoms with E-state index in [0.29, 0.717) is 13.0 Å². The van der Waals surface area contributed by atoms with Gasteiger partial charge < -0.3 is 15.6 Å². The predicted molar refractivity (Wildman–Crippen MR) is 76.8 cm³/mol. The molecule has 2 rings (SSSR count). The third-order valence-corrected chi connectivity index (χ3v) is 3.89. The van der Waals surface area contributed by atoms with Crippen LogP contribution in [0.2, 0.25) is 0 Å². The lowest BCUT2D eigenvalue weighted by Crippen LogP contribution is -2.31. The summed E-state index contributed by atoms with van der Waals surface area (Å²) in [6, 6.07) is 2.25. The standard InChI is InChI=1S/C15H25N3O/c1-4-17-14(19)6-8-18-7-5-11-12(16)9-15(2,3)10-13(11)18/h5,7,12H,4,6,8-10,16H2,1-3H3,(H,17,19). The molecule has 106 valence electrons. The Morgan fingerprint density at radius 2 is 2.32 bits per heavy atom. The highest BCUT2D eigenvalue weighted by atomic mass is 16.1. The van der Waals surface area contributed by atoms with Crippen LogP contribution >= 0.6 is 0 Å². The van der Waals surface area contributed by atoms with Gasteiger partial charge in [0.2, 0.25) is 5.91 Å². The third-order valence-electron chi connectivity index (χ3n) is 3.89. The molecular weight excluding hydrogens is 238 g/mol. The molecule has 1 heterocycles. The van der Waals surface area contributed by atoms with Crippen molar-refractivity contribution in [3.63, 3.8) is 0 Å². The highest BCUT2D eigenvalue weighted by Crippen LogP contribution is 2.39. The first-order valence-corrected chi connectivity index (χ1v) is 7.13. The summed E-state index contributed by atoms with van der Waals surface area (Å²) < 4.78 is 2.20. The molecule has 1 aliphatic rings. The van der Waals surface area contributed by atoms with Gasteiger partial charge in [0.25, 0.3) is 0 Å². The topological polar surface area (TPSA) is 60.0 Å². The number of carbonyl (C=O) groups excluding carboxylic acids is 1. The van der Waals surface area contributed by atoms with Crippen molar-refractivity contribution >= 4 is 5.91 Å². The molecule has 0 saturated carbocycles. The van der Waals surface area contributed by atoms with Gasteiger partial charge in [-0.05, 0) is 36.8 Å². The van der Waals surface area contributed by atoms with Gasteiger partial charge in [-0.2, -0.15) is 0 Å². The van der Waals surface area contributed by atoms with Gasteiger partial charge in [-0.15, -0.1) is 0 Å². The first-order valence-electron chi connectivity index (χ1n) is 7.13. The number of fused-ring (bicyclic) bond motifs is 1. The fraction of sp³-hybridized carbons (Fsp3) is 0.667. The van der Waals surface area contributed by atoms with Gasteiger partial charge in [0.1, 0.15) is 0 Å². The van der Waals surface area contributed by atoms with Gasteiger partial charge in [0, 0.05) is 37.4 Å². The van der Waals surface area contributed by atoms with E-state index in [1.165, 1.54) is 11.3 Å². The summed E-state index contributed by atoms with van der Waals surface area (Å²) in [7, 11) is 0. The largest absolute Gasteiger partial charge is 0.356 e. The average molecular weight is 263 g/mol. The summed E-state index contributed by atoms with van der Waals surface area (Å²) in [5.41, 5.74) is 9.06. The summed E-state index contributed by atoms with van der Waals surface area (Å²) >= 11 is 0. The lowest BCUT2D eigenvalue weighted by Gasteiger charge is -2.34. The van der Waals surface area contributed by atoms with E-state index in [1.807, 2.05) is 6.92 Å². The maximum atomic E-state index is 11.5. The monoisotopic (exact) mass is 263 g/mol. The van der Waals surface area contributed by atoms with Gasteiger partial charge in [-0.1, -0.05) is 13.8 Å². The van der Waals surface area contributed by atoms with Gasteiger partial charge in [-0.3, -0.25) is 4.79 Å². The molecule has 4 nitrogen and oxygen atoms in total. The van der Waals surface area contributed by atoms with Crippen LogP contribution in [-0.2, 0) is 17.8 Å². The van der Waals surface area contributed by atoms with Crippen molar-refractivity contribution < 1.29 is 4.79 Å². The summed E-state index contributed by atoms with van der Waals surface area (Å²) in [4.78, 5) is 11.5. The molecule has 3 N–H and O–H groups in total. The molecule has 19 heavy (non-hydrogen) atoms. The van der Waals surface area contributed by atoms with Crippen LogP contribution in [0.5, 0.6) is 0 Å². The highest BCUT2D eigenvalue weighted by Gasteiger charge is 2.32. The van der Waals surface area contributed by atoms with Crippen LogP contribution in [-0.4, -0.2) is 17.0 Å². The maximum absolute atomic E-state index is 11.5. The molecular formula is C15H25N3O. The van der Waals surface area contributed by atoms with E-state index in [0.717, 1.165) is 19.4 Å². The van der Waals surface area contributed by atoms with Gasteiger partial charge in [0.05, 0.1) is 0 Å². The first kappa shape index (κ1) is 14.1.